The normalized spacial score (nSPS) is 18.3. The highest BCUT2D eigenvalue weighted by Gasteiger charge is 2.40. The van der Waals surface area contributed by atoms with Gasteiger partial charge in [0.05, 0.1) is 43.7 Å². The second-order valence-electron chi connectivity index (χ2n) is 7.70. The van der Waals surface area contributed by atoms with Gasteiger partial charge in [-0.15, -0.1) is 0 Å². The molecule has 0 aromatic heterocycles. The van der Waals surface area contributed by atoms with Crippen LogP contribution in [0.1, 0.15) is 31.7 Å². The van der Waals surface area contributed by atoms with Gasteiger partial charge in [0.2, 0.25) is 0 Å². The molecule has 0 bridgehead atoms. The van der Waals surface area contributed by atoms with Crippen molar-refractivity contribution in [1.82, 2.24) is 0 Å². The van der Waals surface area contributed by atoms with Gasteiger partial charge in [0, 0.05) is 12.6 Å². The maximum Gasteiger partial charge on any atom is 0.316 e. The lowest BCUT2D eigenvalue weighted by molar-refractivity contribution is -0.153. The second kappa shape index (κ2) is 11.9. The zero-order chi connectivity index (χ0) is 22.9. The molecule has 0 radical (unpaired) electrons. The molecule has 1 aliphatic carbocycles. The summed E-state index contributed by atoms with van der Waals surface area (Å²) >= 11 is 6.53. The van der Waals surface area contributed by atoms with Crippen LogP contribution in [-0.2, 0) is 25.7 Å². The molecule has 1 fully saturated rings. The summed E-state index contributed by atoms with van der Waals surface area (Å²) in [6, 6.07) is 14.8. The summed E-state index contributed by atoms with van der Waals surface area (Å²) in [6.07, 6.45) is 1.90. The molecule has 0 N–H and O–H groups in total. The topological polar surface area (TPSA) is 65.1 Å². The summed E-state index contributed by atoms with van der Waals surface area (Å²) in [5.41, 5.74) is 1.77. The van der Waals surface area contributed by atoms with Gasteiger partial charge in [0.25, 0.3) is 0 Å². The third-order valence-corrected chi connectivity index (χ3v) is 5.96. The Labute approximate surface area is 194 Å². The minimum absolute atomic E-state index is 0.128. The number of carbonyl (C=O) groups excluding carboxylic acids is 2. The van der Waals surface area contributed by atoms with Crippen molar-refractivity contribution < 1.29 is 23.8 Å². The fourth-order valence-corrected chi connectivity index (χ4v) is 4.26. The van der Waals surface area contributed by atoms with Crippen molar-refractivity contribution in [3.05, 3.63) is 59.1 Å². The predicted molar refractivity (Wildman–Crippen MR) is 124 cm³/mol. The average molecular weight is 460 g/mol. The number of benzene rings is 2. The smallest absolute Gasteiger partial charge is 0.316 e. The maximum absolute atomic E-state index is 13.3. The van der Waals surface area contributed by atoms with Gasteiger partial charge in [-0.05, 0) is 43.9 Å². The molecule has 6 nitrogen and oxygen atoms in total. The molecule has 0 heterocycles. The molecule has 2 aromatic carbocycles. The Kier molecular flexibility index (Phi) is 8.94. The Morgan fingerprint density at radius 2 is 1.94 bits per heavy atom. The molecular weight excluding hydrogens is 430 g/mol. The van der Waals surface area contributed by atoms with Gasteiger partial charge in [-0.3, -0.25) is 9.59 Å². The highest BCUT2D eigenvalue weighted by molar-refractivity contribution is 6.33. The van der Waals surface area contributed by atoms with Gasteiger partial charge in [-0.1, -0.05) is 41.9 Å². The number of hydrogen-bond acceptors (Lipinski definition) is 6. The molecule has 32 heavy (non-hydrogen) atoms. The molecule has 0 saturated heterocycles. The zero-order valence-electron chi connectivity index (χ0n) is 18.6. The van der Waals surface area contributed by atoms with E-state index < -0.39 is 17.9 Å². The minimum Gasteiger partial charge on any atom is -0.497 e. The van der Waals surface area contributed by atoms with E-state index in [1.165, 1.54) is 0 Å². The molecular formula is C25H30ClNO5. The fraction of sp³-hybridized carbons (Fsp3) is 0.440. The van der Waals surface area contributed by atoms with Gasteiger partial charge < -0.3 is 19.1 Å². The Hall–Kier alpha value is -2.57. The van der Waals surface area contributed by atoms with Crippen LogP contribution in [-0.4, -0.2) is 44.7 Å². The number of Topliss-reactive ketones (excluding diaryl/α,β-unsaturated/α-hetero) is 1. The third-order valence-electron chi connectivity index (χ3n) is 5.64. The predicted octanol–water partition coefficient (Wildman–Crippen LogP) is 4.67. The van der Waals surface area contributed by atoms with Crippen molar-refractivity contribution >= 4 is 29.0 Å². The standard InChI is InChI=1S/C25H30ClNO5/c1-3-32-25(29)20-10-7-11-22(24(20)28)27(23-16-19(30-2)12-13-21(23)26)14-15-31-17-18-8-5-4-6-9-18/h4-6,8-9,12-13,16,20,22H,3,7,10-11,14-15,17H2,1-2H3. The maximum atomic E-state index is 13.3. The number of nitrogens with zero attached hydrogens (tertiary/aromatic N) is 1. The van der Waals surface area contributed by atoms with Crippen LogP contribution >= 0.6 is 11.6 Å². The first kappa shape index (κ1) is 24.1. The first-order valence-electron chi connectivity index (χ1n) is 11.0. The van der Waals surface area contributed by atoms with Crippen molar-refractivity contribution in [2.75, 3.05) is 31.8 Å². The molecule has 7 heteroatoms. The Balaban J connectivity index is 1.80. The van der Waals surface area contributed by atoms with E-state index in [1.807, 2.05) is 41.3 Å². The number of halogens is 1. The van der Waals surface area contributed by atoms with Crippen molar-refractivity contribution in [2.45, 2.75) is 38.8 Å². The number of rotatable bonds is 10. The Bertz CT molecular complexity index is 904. The van der Waals surface area contributed by atoms with Crippen molar-refractivity contribution in [2.24, 2.45) is 5.92 Å². The molecule has 1 saturated carbocycles. The zero-order valence-corrected chi connectivity index (χ0v) is 19.3. The van der Waals surface area contributed by atoms with Crippen LogP contribution in [0.2, 0.25) is 5.02 Å². The van der Waals surface area contributed by atoms with Gasteiger partial charge in [-0.2, -0.15) is 0 Å². The van der Waals surface area contributed by atoms with Gasteiger partial charge in [-0.25, -0.2) is 0 Å². The van der Waals surface area contributed by atoms with Crippen LogP contribution in [0.5, 0.6) is 5.75 Å². The van der Waals surface area contributed by atoms with Gasteiger partial charge >= 0.3 is 5.97 Å². The van der Waals surface area contributed by atoms with Crippen LogP contribution < -0.4 is 9.64 Å². The van der Waals surface area contributed by atoms with Gasteiger partial charge in [0.15, 0.2) is 5.78 Å². The lowest BCUT2D eigenvalue weighted by Gasteiger charge is -2.37. The number of esters is 1. The first-order valence-corrected chi connectivity index (χ1v) is 11.3. The highest BCUT2D eigenvalue weighted by atomic mass is 35.5. The second-order valence-corrected chi connectivity index (χ2v) is 8.11. The largest absolute Gasteiger partial charge is 0.497 e. The molecule has 2 unspecified atom stereocenters. The van der Waals surface area contributed by atoms with E-state index in [-0.39, 0.29) is 12.4 Å². The third kappa shape index (κ3) is 6.02. The summed E-state index contributed by atoms with van der Waals surface area (Å²) in [4.78, 5) is 27.6. The van der Waals surface area contributed by atoms with E-state index in [9.17, 15) is 9.59 Å². The average Bonchev–Trinajstić information content (AvgIpc) is 2.81. The number of anilines is 1. The summed E-state index contributed by atoms with van der Waals surface area (Å²) in [5, 5.41) is 0.514. The van der Waals surface area contributed by atoms with Crippen LogP contribution in [0, 0.1) is 5.92 Å². The van der Waals surface area contributed by atoms with Crippen molar-refractivity contribution in [3.63, 3.8) is 0 Å². The van der Waals surface area contributed by atoms with Crippen LogP contribution in [0.25, 0.3) is 0 Å². The minimum atomic E-state index is -0.745. The number of ether oxygens (including phenoxy) is 3. The fourth-order valence-electron chi connectivity index (χ4n) is 4.03. The summed E-state index contributed by atoms with van der Waals surface area (Å²) in [5.74, 6) is -0.675. The molecule has 2 aromatic rings. The van der Waals surface area contributed by atoms with E-state index in [4.69, 9.17) is 25.8 Å². The van der Waals surface area contributed by atoms with E-state index in [1.54, 1.807) is 26.2 Å². The number of ketones is 1. The van der Waals surface area contributed by atoms with Gasteiger partial charge in [0.1, 0.15) is 11.7 Å². The van der Waals surface area contributed by atoms with E-state index in [0.29, 0.717) is 49.1 Å². The Morgan fingerprint density at radius 1 is 1.16 bits per heavy atom. The van der Waals surface area contributed by atoms with E-state index in [0.717, 1.165) is 12.0 Å². The van der Waals surface area contributed by atoms with E-state index >= 15 is 0 Å². The van der Waals surface area contributed by atoms with Crippen molar-refractivity contribution in [1.29, 1.82) is 0 Å². The first-order chi connectivity index (χ1) is 15.5. The molecule has 1 aliphatic rings. The summed E-state index contributed by atoms with van der Waals surface area (Å²) in [6.45, 7) is 3.33. The quantitative estimate of drug-likeness (QED) is 0.292. The molecule has 0 amide bonds. The molecule has 0 aliphatic heterocycles. The Morgan fingerprint density at radius 3 is 2.66 bits per heavy atom. The summed E-state index contributed by atoms with van der Waals surface area (Å²) in [7, 11) is 1.59. The van der Waals surface area contributed by atoms with Crippen LogP contribution in [0.4, 0.5) is 5.69 Å². The SMILES string of the molecule is CCOC(=O)C1CCCC(N(CCOCc2ccccc2)c2cc(OC)ccc2Cl)C1=O. The lowest BCUT2D eigenvalue weighted by Crippen LogP contribution is -2.49. The summed E-state index contributed by atoms with van der Waals surface area (Å²) < 4.78 is 16.4. The molecule has 3 rings (SSSR count). The highest BCUT2D eigenvalue weighted by Crippen LogP contribution is 2.35. The van der Waals surface area contributed by atoms with Crippen LogP contribution in [0.3, 0.4) is 0 Å². The lowest BCUT2D eigenvalue weighted by atomic mass is 9.83. The number of methoxy groups -OCH3 is 1. The number of hydrogen-bond donors (Lipinski definition) is 0. The molecule has 0 spiro atoms. The van der Waals surface area contributed by atoms with Crippen molar-refractivity contribution in [3.8, 4) is 5.75 Å². The monoisotopic (exact) mass is 459 g/mol. The van der Waals surface area contributed by atoms with Crippen LogP contribution in [0.15, 0.2) is 48.5 Å². The molecule has 2 atom stereocenters. The molecule has 172 valence electrons. The number of carbonyl (C=O) groups is 2. The van der Waals surface area contributed by atoms with E-state index in [2.05, 4.69) is 0 Å².